The second kappa shape index (κ2) is 7.87. The predicted molar refractivity (Wildman–Crippen MR) is 64.6 cm³/mol. The van der Waals surface area contributed by atoms with Crippen molar-refractivity contribution in [2.75, 3.05) is 13.2 Å². The van der Waals surface area contributed by atoms with E-state index in [9.17, 15) is 4.79 Å². The molecule has 0 aromatic carbocycles. The number of ether oxygens (including phenoxy) is 2. The summed E-state index contributed by atoms with van der Waals surface area (Å²) in [6.45, 7) is 5.10. The lowest BCUT2D eigenvalue weighted by Crippen LogP contribution is -2.39. The van der Waals surface area contributed by atoms with Gasteiger partial charge < -0.3 is 15.2 Å². The third-order valence-electron chi connectivity index (χ3n) is 2.96. The highest BCUT2D eigenvalue weighted by molar-refractivity contribution is 5.85. The average molecular weight is 252 g/mol. The minimum atomic E-state index is -0.503. The van der Waals surface area contributed by atoms with E-state index < -0.39 is 6.04 Å². The van der Waals surface area contributed by atoms with Crippen LogP contribution in [0.15, 0.2) is 0 Å². The number of nitrogens with two attached hydrogens (primary N) is 1. The monoisotopic (exact) mass is 251 g/mol. The van der Waals surface area contributed by atoms with Crippen molar-refractivity contribution in [1.82, 2.24) is 0 Å². The lowest BCUT2D eigenvalue weighted by atomic mass is 10.0. The molecule has 1 aliphatic rings. The van der Waals surface area contributed by atoms with Crippen LogP contribution in [-0.4, -0.2) is 31.3 Å². The maximum Gasteiger partial charge on any atom is 0.323 e. The Morgan fingerprint density at radius 3 is 2.81 bits per heavy atom. The molecular formula is C11H22ClNO3. The van der Waals surface area contributed by atoms with E-state index in [1.54, 1.807) is 0 Å². The molecular weight excluding hydrogens is 230 g/mol. The average Bonchev–Trinajstić information content (AvgIpc) is 2.76. The van der Waals surface area contributed by atoms with Crippen molar-refractivity contribution >= 4 is 18.4 Å². The molecule has 3 atom stereocenters. The quantitative estimate of drug-likeness (QED) is 0.753. The van der Waals surface area contributed by atoms with Gasteiger partial charge in [0.25, 0.3) is 0 Å². The van der Waals surface area contributed by atoms with Gasteiger partial charge in [0.05, 0.1) is 6.10 Å². The number of rotatable bonds is 5. The van der Waals surface area contributed by atoms with E-state index in [0.29, 0.717) is 6.61 Å². The van der Waals surface area contributed by atoms with Crippen LogP contribution < -0.4 is 5.73 Å². The number of carbonyl (C=O) groups excluding carboxylic acids is 1. The second-order valence-corrected chi connectivity index (χ2v) is 4.18. The number of hydrogen-bond donors (Lipinski definition) is 1. The number of hydrogen-bond acceptors (Lipinski definition) is 4. The van der Waals surface area contributed by atoms with Crippen molar-refractivity contribution in [3.05, 3.63) is 0 Å². The van der Waals surface area contributed by atoms with E-state index in [2.05, 4.69) is 0 Å². The maximum absolute atomic E-state index is 11.5. The van der Waals surface area contributed by atoms with E-state index >= 15 is 0 Å². The van der Waals surface area contributed by atoms with Gasteiger partial charge in [-0.15, -0.1) is 12.4 Å². The molecule has 0 saturated carbocycles. The number of carbonyl (C=O) groups is 1. The molecule has 1 rings (SSSR count). The summed E-state index contributed by atoms with van der Waals surface area (Å²) in [6.07, 6.45) is 3.00. The van der Waals surface area contributed by atoms with Gasteiger partial charge in [-0.05, 0) is 18.8 Å². The van der Waals surface area contributed by atoms with Crippen LogP contribution in [-0.2, 0) is 14.3 Å². The van der Waals surface area contributed by atoms with E-state index in [1.807, 2.05) is 13.8 Å². The molecule has 2 N–H and O–H groups in total. The highest BCUT2D eigenvalue weighted by atomic mass is 35.5. The Balaban J connectivity index is 0.00000225. The Morgan fingerprint density at radius 2 is 2.31 bits per heavy atom. The standard InChI is InChI=1S/C11H21NO3.ClH/c1-3-8(2)10(12)11(13)15-7-9-5-4-6-14-9;/h8-10H,3-7,12H2,1-2H3;1H. The van der Waals surface area contributed by atoms with Crippen molar-refractivity contribution < 1.29 is 14.3 Å². The van der Waals surface area contributed by atoms with Gasteiger partial charge in [0.1, 0.15) is 12.6 Å². The Kier molecular flexibility index (Phi) is 7.72. The molecule has 16 heavy (non-hydrogen) atoms. The van der Waals surface area contributed by atoms with Crippen LogP contribution >= 0.6 is 12.4 Å². The Labute approximate surface area is 103 Å². The zero-order chi connectivity index (χ0) is 11.3. The first-order chi connectivity index (χ1) is 7.15. The van der Waals surface area contributed by atoms with E-state index in [4.69, 9.17) is 15.2 Å². The fourth-order valence-electron chi connectivity index (χ4n) is 1.53. The van der Waals surface area contributed by atoms with Crippen LogP contribution in [0.2, 0.25) is 0 Å². The van der Waals surface area contributed by atoms with Gasteiger partial charge in [0.15, 0.2) is 0 Å². The third-order valence-corrected chi connectivity index (χ3v) is 2.96. The minimum absolute atomic E-state index is 0. The van der Waals surface area contributed by atoms with Crippen LogP contribution in [0.5, 0.6) is 0 Å². The van der Waals surface area contributed by atoms with Crippen LogP contribution in [0.4, 0.5) is 0 Å². The predicted octanol–water partition coefficient (Wildman–Crippen LogP) is 1.50. The van der Waals surface area contributed by atoms with E-state index in [0.717, 1.165) is 25.9 Å². The molecule has 1 aliphatic heterocycles. The summed E-state index contributed by atoms with van der Waals surface area (Å²) in [4.78, 5) is 11.5. The Morgan fingerprint density at radius 1 is 1.62 bits per heavy atom. The topological polar surface area (TPSA) is 61.6 Å². The molecule has 1 heterocycles. The Bertz CT molecular complexity index is 207. The normalized spacial score (nSPS) is 23.3. The summed E-state index contributed by atoms with van der Waals surface area (Å²) < 4.78 is 10.5. The van der Waals surface area contributed by atoms with Crippen molar-refractivity contribution in [3.8, 4) is 0 Å². The summed E-state index contributed by atoms with van der Waals surface area (Å²) >= 11 is 0. The molecule has 3 unspecified atom stereocenters. The first-order valence-electron chi connectivity index (χ1n) is 5.69. The van der Waals surface area contributed by atoms with Crippen LogP contribution in [0.1, 0.15) is 33.1 Å². The highest BCUT2D eigenvalue weighted by Crippen LogP contribution is 2.13. The van der Waals surface area contributed by atoms with Crippen LogP contribution in [0.3, 0.4) is 0 Å². The van der Waals surface area contributed by atoms with Gasteiger partial charge >= 0.3 is 5.97 Å². The molecule has 1 fully saturated rings. The van der Waals surface area contributed by atoms with Gasteiger partial charge in [0.2, 0.25) is 0 Å². The van der Waals surface area contributed by atoms with Gasteiger partial charge in [0, 0.05) is 6.61 Å². The summed E-state index contributed by atoms with van der Waals surface area (Å²) in [5.41, 5.74) is 5.74. The third kappa shape index (κ3) is 4.68. The molecule has 0 amide bonds. The zero-order valence-electron chi connectivity index (χ0n) is 9.98. The van der Waals surface area contributed by atoms with Gasteiger partial charge in [-0.3, -0.25) is 4.79 Å². The summed E-state index contributed by atoms with van der Waals surface area (Å²) in [5.74, 6) is -0.137. The highest BCUT2D eigenvalue weighted by Gasteiger charge is 2.23. The lowest BCUT2D eigenvalue weighted by Gasteiger charge is -2.18. The molecule has 0 aromatic rings. The van der Waals surface area contributed by atoms with Crippen LogP contribution in [0, 0.1) is 5.92 Å². The summed E-state index contributed by atoms with van der Waals surface area (Å²) in [7, 11) is 0. The van der Waals surface area contributed by atoms with Gasteiger partial charge in [-0.1, -0.05) is 20.3 Å². The second-order valence-electron chi connectivity index (χ2n) is 4.18. The molecule has 0 aliphatic carbocycles. The molecule has 4 nitrogen and oxygen atoms in total. The van der Waals surface area contributed by atoms with Gasteiger partial charge in [-0.2, -0.15) is 0 Å². The van der Waals surface area contributed by atoms with Crippen molar-refractivity contribution in [2.24, 2.45) is 11.7 Å². The minimum Gasteiger partial charge on any atom is -0.462 e. The van der Waals surface area contributed by atoms with E-state index in [1.165, 1.54) is 0 Å². The molecule has 0 aromatic heterocycles. The summed E-state index contributed by atoms with van der Waals surface area (Å²) in [6, 6.07) is -0.503. The fraction of sp³-hybridized carbons (Fsp3) is 0.909. The molecule has 1 saturated heterocycles. The first kappa shape index (κ1) is 15.7. The molecule has 0 spiro atoms. The number of esters is 1. The molecule has 5 heteroatoms. The smallest absolute Gasteiger partial charge is 0.323 e. The van der Waals surface area contributed by atoms with Crippen molar-refractivity contribution in [1.29, 1.82) is 0 Å². The van der Waals surface area contributed by atoms with E-state index in [-0.39, 0.29) is 30.4 Å². The zero-order valence-corrected chi connectivity index (χ0v) is 10.8. The molecule has 0 radical (unpaired) electrons. The largest absolute Gasteiger partial charge is 0.462 e. The SMILES string of the molecule is CCC(C)C(N)C(=O)OCC1CCCO1.Cl. The Hall–Kier alpha value is -0.320. The lowest BCUT2D eigenvalue weighted by molar-refractivity contribution is -0.149. The fourth-order valence-corrected chi connectivity index (χ4v) is 1.53. The maximum atomic E-state index is 11.5. The van der Waals surface area contributed by atoms with Gasteiger partial charge in [-0.25, -0.2) is 0 Å². The number of halogens is 1. The molecule has 96 valence electrons. The molecule has 0 bridgehead atoms. The van der Waals surface area contributed by atoms with Crippen LogP contribution in [0.25, 0.3) is 0 Å². The van der Waals surface area contributed by atoms with Crippen molar-refractivity contribution in [2.45, 2.75) is 45.3 Å². The summed E-state index contributed by atoms with van der Waals surface area (Å²) in [5, 5.41) is 0. The van der Waals surface area contributed by atoms with Crippen molar-refractivity contribution in [3.63, 3.8) is 0 Å². The first-order valence-corrected chi connectivity index (χ1v) is 5.69.